The maximum atomic E-state index is 11.9. The van der Waals surface area contributed by atoms with Gasteiger partial charge in [0.2, 0.25) is 20.0 Å². The van der Waals surface area contributed by atoms with Gasteiger partial charge in [0.05, 0.1) is 15.7 Å². The fraction of sp³-hybridized carbons (Fsp3) is 0.333. The number of nitrogens with one attached hydrogen (secondary N) is 2. The van der Waals surface area contributed by atoms with E-state index in [0.29, 0.717) is 9.50 Å². The van der Waals surface area contributed by atoms with Crippen molar-refractivity contribution >= 4 is 47.6 Å². The summed E-state index contributed by atoms with van der Waals surface area (Å²) in [5.41, 5.74) is 0. The molecule has 0 fully saturated rings. The zero-order valence-electron chi connectivity index (χ0n) is 9.85. The van der Waals surface area contributed by atoms with Crippen LogP contribution in [0.5, 0.6) is 0 Å². The normalized spacial score (nSPS) is 12.6. The molecule has 10 heteroatoms. The predicted molar refractivity (Wildman–Crippen MR) is 77.2 cm³/mol. The van der Waals surface area contributed by atoms with Gasteiger partial charge in [-0.05, 0) is 41.2 Å². The van der Waals surface area contributed by atoms with Gasteiger partial charge in [0.1, 0.15) is 0 Å². The van der Waals surface area contributed by atoms with Gasteiger partial charge < -0.3 is 0 Å². The van der Waals surface area contributed by atoms with Crippen LogP contribution >= 0.6 is 27.5 Å². The van der Waals surface area contributed by atoms with Crippen molar-refractivity contribution < 1.29 is 16.8 Å². The van der Waals surface area contributed by atoms with E-state index >= 15 is 0 Å². The Morgan fingerprint density at radius 2 is 1.89 bits per heavy atom. The van der Waals surface area contributed by atoms with Crippen LogP contribution in [-0.4, -0.2) is 36.2 Å². The van der Waals surface area contributed by atoms with Crippen LogP contribution in [0.1, 0.15) is 0 Å². The van der Waals surface area contributed by atoms with E-state index in [4.69, 9.17) is 11.6 Å². The Bertz CT molecular complexity index is 661. The van der Waals surface area contributed by atoms with Crippen molar-refractivity contribution in [3.8, 4) is 0 Å². The Kier molecular flexibility index (Phi) is 5.78. The molecule has 0 aliphatic rings. The van der Waals surface area contributed by atoms with E-state index in [1.165, 1.54) is 25.2 Å². The van der Waals surface area contributed by atoms with Crippen LogP contribution in [0.4, 0.5) is 0 Å². The summed E-state index contributed by atoms with van der Waals surface area (Å²) in [5.74, 6) is -0.336. The monoisotopic (exact) mass is 390 g/mol. The first-order valence-corrected chi connectivity index (χ1v) is 9.34. The molecule has 0 aliphatic heterocycles. The second kappa shape index (κ2) is 6.51. The predicted octanol–water partition coefficient (Wildman–Crippen LogP) is 0.930. The summed E-state index contributed by atoms with van der Waals surface area (Å²) in [7, 11) is -5.94. The van der Waals surface area contributed by atoms with Gasteiger partial charge >= 0.3 is 0 Å². The standard InChI is InChI=1S/C9H12BrClN2O4S2/c1-12-18(14,15)5-4-13-19(16,17)7-2-3-9(11)8(10)6-7/h2-3,6,12-13H,4-5H2,1H3. The topological polar surface area (TPSA) is 92.3 Å². The third kappa shape index (κ3) is 5.01. The van der Waals surface area contributed by atoms with Crippen molar-refractivity contribution in [2.24, 2.45) is 0 Å². The minimum absolute atomic E-state index is 0.00521. The first-order chi connectivity index (χ1) is 8.68. The second-order valence-electron chi connectivity index (χ2n) is 3.50. The minimum Gasteiger partial charge on any atom is -0.218 e. The molecule has 0 atom stereocenters. The summed E-state index contributed by atoms with van der Waals surface area (Å²) in [4.78, 5) is 0.00521. The summed E-state index contributed by atoms with van der Waals surface area (Å²) >= 11 is 8.88. The van der Waals surface area contributed by atoms with Crippen molar-refractivity contribution in [3.63, 3.8) is 0 Å². The minimum atomic E-state index is -3.76. The van der Waals surface area contributed by atoms with Gasteiger partial charge in [-0.2, -0.15) is 0 Å². The molecule has 1 rings (SSSR count). The maximum absolute atomic E-state index is 11.9. The lowest BCUT2D eigenvalue weighted by atomic mass is 10.4. The molecular formula is C9H12BrClN2O4S2. The van der Waals surface area contributed by atoms with Crippen molar-refractivity contribution in [2.75, 3.05) is 19.3 Å². The van der Waals surface area contributed by atoms with Crippen LogP contribution in [0.15, 0.2) is 27.6 Å². The van der Waals surface area contributed by atoms with Gasteiger partial charge in [-0.1, -0.05) is 11.6 Å². The molecule has 6 nitrogen and oxygen atoms in total. The lowest BCUT2D eigenvalue weighted by molar-refractivity contribution is 0.578. The van der Waals surface area contributed by atoms with E-state index in [0.717, 1.165) is 0 Å². The van der Waals surface area contributed by atoms with Gasteiger partial charge in [0, 0.05) is 11.0 Å². The summed E-state index contributed by atoms with van der Waals surface area (Å²) in [5, 5.41) is 0.386. The Morgan fingerprint density at radius 1 is 1.26 bits per heavy atom. The van der Waals surface area contributed by atoms with Gasteiger partial charge in [-0.25, -0.2) is 26.3 Å². The molecule has 0 amide bonds. The zero-order chi connectivity index (χ0) is 14.7. The Labute approximate surface area is 125 Å². The average molecular weight is 392 g/mol. The molecular weight excluding hydrogens is 380 g/mol. The van der Waals surface area contributed by atoms with Crippen LogP contribution in [0.2, 0.25) is 5.02 Å². The van der Waals surface area contributed by atoms with Crippen molar-refractivity contribution in [1.82, 2.24) is 9.44 Å². The van der Waals surface area contributed by atoms with E-state index in [9.17, 15) is 16.8 Å². The molecule has 1 aromatic carbocycles. The maximum Gasteiger partial charge on any atom is 0.240 e. The van der Waals surface area contributed by atoms with Gasteiger partial charge in [0.25, 0.3) is 0 Å². The molecule has 0 bridgehead atoms. The number of hydrogen-bond donors (Lipinski definition) is 2. The molecule has 1 aromatic rings. The number of halogens is 2. The van der Waals surface area contributed by atoms with Gasteiger partial charge in [-0.15, -0.1) is 0 Å². The fourth-order valence-corrected chi connectivity index (χ4v) is 3.55. The summed E-state index contributed by atoms with van der Waals surface area (Å²) in [6.07, 6.45) is 0. The lowest BCUT2D eigenvalue weighted by Gasteiger charge is -2.07. The molecule has 19 heavy (non-hydrogen) atoms. The van der Waals surface area contributed by atoms with Gasteiger partial charge in [-0.3, -0.25) is 0 Å². The van der Waals surface area contributed by atoms with E-state index in [2.05, 4.69) is 25.4 Å². The number of sulfonamides is 2. The third-order valence-corrected chi connectivity index (χ3v) is 6.21. The zero-order valence-corrected chi connectivity index (χ0v) is 13.8. The number of benzene rings is 1. The van der Waals surface area contributed by atoms with E-state index in [1.807, 2.05) is 0 Å². The van der Waals surface area contributed by atoms with E-state index in [-0.39, 0.29) is 17.2 Å². The molecule has 0 aromatic heterocycles. The van der Waals surface area contributed by atoms with Crippen LogP contribution in [0.3, 0.4) is 0 Å². The number of rotatable bonds is 6. The fourth-order valence-electron chi connectivity index (χ4n) is 1.14. The van der Waals surface area contributed by atoms with Crippen LogP contribution in [0, 0.1) is 0 Å². The smallest absolute Gasteiger partial charge is 0.218 e. The second-order valence-corrected chi connectivity index (χ2v) is 8.57. The van der Waals surface area contributed by atoms with Crippen molar-refractivity contribution in [2.45, 2.75) is 4.90 Å². The summed E-state index contributed by atoms with van der Waals surface area (Å²) in [6, 6.07) is 4.11. The summed E-state index contributed by atoms with van der Waals surface area (Å²) < 4.78 is 50.8. The largest absolute Gasteiger partial charge is 0.240 e. The average Bonchev–Trinajstić information content (AvgIpc) is 2.32. The quantitative estimate of drug-likeness (QED) is 0.754. The molecule has 108 valence electrons. The first kappa shape index (κ1) is 16.9. The van der Waals surface area contributed by atoms with E-state index in [1.54, 1.807) is 0 Å². The lowest BCUT2D eigenvalue weighted by Crippen LogP contribution is -2.32. The van der Waals surface area contributed by atoms with Gasteiger partial charge in [0.15, 0.2) is 0 Å². The highest BCUT2D eigenvalue weighted by Gasteiger charge is 2.16. The Hall–Kier alpha value is -0.190. The highest BCUT2D eigenvalue weighted by molar-refractivity contribution is 9.10. The molecule has 0 radical (unpaired) electrons. The number of hydrogen-bond acceptors (Lipinski definition) is 4. The molecule has 0 aliphatic carbocycles. The molecule has 0 saturated carbocycles. The van der Waals surface area contributed by atoms with Crippen LogP contribution < -0.4 is 9.44 Å². The van der Waals surface area contributed by atoms with Crippen LogP contribution in [0.25, 0.3) is 0 Å². The molecule has 2 N–H and O–H groups in total. The Balaban J connectivity index is 2.79. The Morgan fingerprint density at radius 3 is 2.42 bits per heavy atom. The molecule has 0 heterocycles. The van der Waals surface area contributed by atoms with Crippen molar-refractivity contribution in [3.05, 3.63) is 27.7 Å². The van der Waals surface area contributed by atoms with Crippen LogP contribution in [-0.2, 0) is 20.0 Å². The highest BCUT2D eigenvalue weighted by Crippen LogP contribution is 2.25. The van der Waals surface area contributed by atoms with Crippen molar-refractivity contribution in [1.29, 1.82) is 0 Å². The molecule has 0 spiro atoms. The highest BCUT2D eigenvalue weighted by atomic mass is 79.9. The van der Waals surface area contributed by atoms with E-state index < -0.39 is 20.0 Å². The first-order valence-electron chi connectivity index (χ1n) is 5.04. The molecule has 0 saturated heterocycles. The third-order valence-electron chi connectivity index (χ3n) is 2.18. The molecule has 0 unspecified atom stereocenters. The SMILES string of the molecule is CNS(=O)(=O)CCNS(=O)(=O)c1ccc(Cl)c(Br)c1. The summed E-state index contributed by atoms with van der Waals surface area (Å²) in [6.45, 7) is -0.217.